The van der Waals surface area contributed by atoms with Gasteiger partial charge in [-0.15, -0.1) is 0 Å². The molecule has 0 atom stereocenters. The Bertz CT molecular complexity index is 1820. The first-order chi connectivity index (χ1) is 21.4. The zero-order chi connectivity index (χ0) is 30.5. The predicted octanol–water partition coefficient (Wildman–Crippen LogP) is 8.37. The van der Waals surface area contributed by atoms with E-state index in [4.69, 9.17) is 11.5 Å². The molecule has 14 heteroatoms. The molecular weight excluding hydrogens is 724 g/mol. The van der Waals surface area contributed by atoms with Gasteiger partial charge in [0, 0.05) is 29.9 Å². The largest absolute Gasteiger partial charge is 0.368 e. The summed E-state index contributed by atoms with van der Waals surface area (Å²) in [6.07, 6.45) is 0. The van der Waals surface area contributed by atoms with Crippen LogP contribution in [-0.2, 0) is 0 Å². The van der Waals surface area contributed by atoms with Crippen molar-refractivity contribution in [2.24, 2.45) is 0 Å². The minimum atomic E-state index is 0.124. The monoisotopic (exact) mass is 744 g/mol. The van der Waals surface area contributed by atoms with Crippen LogP contribution in [0.25, 0.3) is 22.8 Å². The van der Waals surface area contributed by atoms with Gasteiger partial charge in [-0.3, -0.25) is 0 Å². The van der Waals surface area contributed by atoms with Gasteiger partial charge in [-0.05, 0) is 48.5 Å². The van der Waals surface area contributed by atoms with Crippen molar-refractivity contribution in [2.45, 2.75) is 9.79 Å². The Balaban J connectivity index is 1.21. The maximum Gasteiger partial charge on any atom is 0.232 e. The fourth-order valence-corrected chi connectivity index (χ4v) is 7.10. The van der Waals surface area contributed by atoms with E-state index in [0.29, 0.717) is 23.5 Å². The van der Waals surface area contributed by atoms with E-state index in [-0.39, 0.29) is 11.9 Å². The summed E-state index contributed by atoms with van der Waals surface area (Å²) in [5.41, 5.74) is 15.4. The second-order valence-corrected chi connectivity index (χ2v) is 13.2. The van der Waals surface area contributed by atoms with Gasteiger partial charge >= 0.3 is 0 Å². The van der Waals surface area contributed by atoms with Crippen molar-refractivity contribution in [3.05, 3.63) is 106 Å². The van der Waals surface area contributed by atoms with Crippen LogP contribution in [0.15, 0.2) is 116 Å². The number of hydrogen-bond acceptors (Lipinski definition) is 12. The smallest absolute Gasteiger partial charge is 0.232 e. The highest BCUT2D eigenvalue weighted by atomic mass is 79.9. The molecule has 0 spiro atoms. The number of anilines is 6. The molecule has 6 N–H and O–H groups in total. The molecule has 0 aliphatic carbocycles. The van der Waals surface area contributed by atoms with Crippen molar-refractivity contribution in [3.8, 4) is 22.8 Å². The van der Waals surface area contributed by atoms with Gasteiger partial charge in [-0.25, -0.2) is 0 Å². The fourth-order valence-electron chi connectivity index (χ4n) is 4.03. The van der Waals surface area contributed by atoms with Crippen molar-refractivity contribution in [2.75, 3.05) is 22.1 Å². The summed E-state index contributed by atoms with van der Waals surface area (Å²) < 4.78 is 1.83. The summed E-state index contributed by atoms with van der Waals surface area (Å²) in [4.78, 5) is 28.4. The summed E-state index contributed by atoms with van der Waals surface area (Å²) in [7, 11) is 3.16. The molecule has 0 radical (unpaired) electrons. The number of benzene rings is 4. The van der Waals surface area contributed by atoms with E-state index < -0.39 is 0 Å². The van der Waals surface area contributed by atoms with Crippen molar-refractivity contribution in [1.29, 1.82) is 0 Å². The van der Waals surface area contributed by atoms with E-state index in [1.807, 2.05) is 97.1 Å². The van der Waals surface area contributed by atoms with Gasteiger partial charge in [0.1, 0.15) is 0 Å². The SMILES string of the molecule is Nc1nc(Nc2ccccc2SSc2ccccc2Nc2nc(N)nc(-c3cccc(Br)c3)n2)nc(-c2cccc(Br)c2)n1. The van der Waals surface area contributed by atoms with Crippen molar-refractivity contribution < 1.29 is 0 Å². The van der Waals surface area contributed by atoms with Crippen LogP contribution >= 0.6 is 53.4 Å². The summed E-state index contributed by atoms with van der Waals surface area (Å²) in [5.74, 6) is 1.89. The van der Waals surface area contributed by atoms with Crippen LogP contribution < -0.4 is 22.1 Å². The molecule has 0 aliphatic heterocycles. The first-order valence-electron chi connectivity index (χ1n) is 13.0. The standard InChI is InChI=1S/C30H22Br2N10S2/c31-19-9-5-7-17(15-19)25-37-27(33)41-29(39-25)35-21-11-1-3-13-23(21)43-44-24-14-4-2-12-22(24)36-30-40-26(38-28(34)42-30)18-8-6-10-20(32)16-18/h1-16H,(H3,33,35,37,39,41)(H3,34,36,38,40,42). The number of halogens is 2. The van der Waals surface area contributed by atoms with E-state index in [9.17, 15) is 0 Å². The third kappa shape index (κ3) is 7.45. The van der Waals surface area contributed by atoms with Crippen molar-refractivity contribution >= 4 is 88.6 Å². The number of nitrogens with zero attached hydrogens (tertiary/aromatic N) is 6. The molecule has 4 aromatic carbocycles. The average molecular weight is 747 g/mol. The predicted molar refractivity (Wildman–Crippen MR) is 186 cm³/mol. The molecule has 0 saturated carbocycles. The van der Waals surface area contributed by atoms with Gasteiger partial charge in [-0.2, -0.15) is 29.9 Å². The topological polar surface area (TPSA) is 153 Å². The molecule has 2 heterocycles. The minimum Gasteiger partial charge on any atom is -0.368 e. The first kappa shape index (κ1) is 29.8. The number of nitrogen functional groups attached to an aromatic ring is 2. The van der Waals surface area contributed by atoms with E-state index in [2.05, 4.69) is 72.4 Å². The maximum absolute atomic E-state index is 6.05. The second kappa shape index (κ2) is 13.6. The van der Waals surface area contributed by atoms with Gasteiger partial charge in [0.15, 0.2) is 11.6 Å². The maximum atomic E-state index is 6.05. The summed E-state index contributed by atoms with van der Waals surface area (Å²) in [6, 6.07) is 31.2. The lowest BCUT2D eigenvalue weighted by atomic mass is 10.2. The molecule has 2 aromatic heterocycles. The van der Waals surface area contributed by atoms with E-state index in [1.54, 1.807) is 21.6 Å². The molecule has 6 rings (SSSR count). The van der Waals surface area contributed by atoms with E-state index in [0.717, 1.165) is 41.2 Å². The lowest BCUT2D eigenvalue weighted by Crippen LogP contribution is -2.05. The third-order valence-electron chi connectivity index (χ3n) is 5.96. The number of para-hydroxylation sites is 2. The molecule has 0 amide bonds. The van der Waals surface area contributed by atoms with Crippen LogP contribution in [0.3, 0.4) is 0 Å². The average Bonchev–Trinajstić information content (AvgIpc) is 3.01. The molecule has 10 nitrogen and oxygen atoms in total. The number of hydrogen-bond donors (Lipinski definition) is 4. The van der Waals surface area contributed by atoms with Crippen LogP contribution in [0.2, 0.25) is 0 Å². The van der Waals surface area contributed by atoms with Crippen LogP contribution in [0.1, 0.15) is 0 Å². The molecule has 44 heavy (non-hydrogen) atoms. The van der Waals surface area contributed by atoms with Crippen LogP contribution in [0.5, 0.6) is 0 Å². The Hall–Kier alpha value is -4.24. The number of nitrogens with one attached hydrogen (secondary N) is 2. The quantitative estimate of drug-likeness (QED) is 0.105. The molecule has 0 bridgehead atoms. The highest BCUT2D eigenvalue weighted by Gasteiger charge is 2.13. The molecule has 0 unspecified atom stereocenters. The number of aromatic nitrogens is 6. The number of nitrogens with two attached hydrogens (primary N) is 2. The van der Waals surface area contributed by atoms with Gasteiger partial charge in [0.25, 0.3) is 0 Å². The number of rotatable bonds is 9. The Labute approximate surface area is 277 Å². The highest BCUT2D eigenvalue weighted by Crippen LogP contribution is 2.44. The van der Waals surface area contributed by atoms with Gasteiger partial charge in [0.05, 0.1) is 11.4 Å². The minimum absolute atomic E-state index is 0.124. The lowest BCUT2D eigenvalue weighted by molar-refractivity contribution is 1.07. The Morgan fingerprint density at radius 2 is 0.932 bits per heavy atom. The molecule has 0 saturated heterocycles. The highest BCUT2D eigenvalue weighted by molar-refractivity contribution is 9.10. The fraction of sp³-hybridized carbons (Fsp3) is 0. The van der Waals surface area contributed by atoms with Crippen LogP contribution in [-0.4, -0.2) is 29.9 Å². The second-order valence-electron chi connectivity index (χ2n) is 9.11. The van der Waals surface area contributed by atoms with Crippen molar-refractivity contribution in [3.63, 3.8) is 0 Å². The lowest BCUT2D eigenvalue weighted by Gasteiger charge is -2.13. The normalized spacial score (nSPS) is 10.9. The zero-order valence-corrected chi connectivity index (χ0v) is 27.5. The van der Waals surface area contributed by atoms with E-state index in [1.165, 1.54) is 0 Å². The molecule has 0 aliphatic rings. The van der Waals surface area contributed by atoms with E-state index >= 15 is 0 Å². The van der Waals surface area contributed by atoms with Gasteiger partial charge < -0.3 is 22.1 Å². The summed E-state index contributed by atoms with van der Waals surface area (Å²) in [5, 5.41) is 6.63. The van der Waals surface area contributed by atoms with Gasteiger partial charge in [0.2, 0.25) is 23.8 Å². The Kier molecular flexibility index (Phi) is 9.21. The van der Waals surface area contributed by atoms with Crippen LogP contribution in [0, 0.1) is 0 Å². The third-order valence-corrected chi connectivity index (χ3v) is 9.43. The summed E-state index contributed by atoms with van der Waals surface area (Å²) in [6.45, 7) is 0. The Morgan fingerprint density at radius 3 is 1.36 bits per heavy atom. The first-order valence-corrected chi connectivity index (χ1v) is 16.7. The van der Waals surface area contributed by atoms with Crippen molar-refractivity contribution in [1.82, 2.24) is 29.9 Å². The molecular formula is C30H22Br2N10S2. The zero-order valence-electron chi connectivity index (χ0n) is 22.6. The van der Waals surface area contributed by atoms with Crippen LogP contribution in [0.4, 0.5) is 35.2 Å². The molecule has 0 fully saturated rings. The van der Waals surface area contributed by atoms with Gasteiger partial charge in [-0.1, -0.05) is 102 Å². The molecule has 218 valence electrons. The molecule has 6 aromatic rings. The Morgan fingerprint density at radius 1 is 0.500 bits per heavy atom. The summed E-state index contributed by atoms with van der Waals surface area (Å²) >= 11 is 6.99.